The summed E-state index contributed by atoms with van der Waals surface area (Å²) in [5, 5.41) is 0. The van der Waals surface area contributed by atoms with E-state index in [-0.39, 0.29) is 6.04 Å². The first-order valence-corrected chi connectivity index (χ1v) is 6.46. The summed E-state index contributed by atoms with van der Waals surface area (Å²) in [5.74, 6) is -1.62. The molecule has 4 heteroatoms. The fraction of sp³-hybridized carbons (Fsp3) is 0.571. The first kappa shape index (κ1) is 13.4. The van der Waals surface area contributed by atoms with Crippen LogP contribution in [-0.2, 0) is 11.2 Å². The van der Waals surface area contributed by atoms with E-state index in [1.165, 1.54) is 6.07 Å². The largest absolute Gasteiger partial charge is 0.378 e. The van der Waals surface area contributed by atoms with Crippen molar-refractivity contribution in [2.24, 2.45) is 5.73 Å². The summed E-state index contributed by atoms with van der Waals surface area (Å²) in [6, 6.07) is 3.93. The second-order valence-electron chi connectivity index (χ2n) is 4.93. The van der Waals surface area contributed by atoms with Gasteiger partial charge >= 0.3 is 0 Å². The van der Waals surface area contributed by atoms with Crippen LogP contribution in [0.25, 0.3) is 0 Å². The zero-order valence-corrected chi connectivity index (χ0v) is 10.4. The van der Waals surface area contributed by atoms with Crippen molar-refractivity contribution in [1.82, 2.24) is 0 Å². The van der Waals surface area contributed by atoms with Gasteiger partial charge in [-0.3, -0.25) is 0 Å². The highest BCUT2D eigenvalue weighted by molar-refractivity contribution is 5.18. The van der Waals surface area contributed by atoms with Gasteiger partial charge < -0.3 is 10.5 Å². The Labute approximate surface area is 106 Å². The highest BCUT2D eigenvalue weighted by Gasteiger charge is 2.16. The molecular formula is C14H19F2NO. The summed E-state index contributed by atoms with van der Waals surface area (Å²) in [7, 11) is 0. The molecule has 0 radical (unpaired) electrons. The lowest BCUT2D eigenvalue weighted by atomic mass is 10.00. The zero-order chi connectivity index (χ0) is 13.0. The molecule has 1 aromatic rings. The molecule has 1 aromatic carbocycles. The molecule has 0 aromatic heterocycles. The van der Waals surface area contributed by atoms with E-state index in [4.69, 9.17) is 10.5 Å². The molecule has 0 spiro atoms. The van der Waals surface area contributed by atoms with Gasteiger partial charge in [0.05, 0.1) is 6.10 Å². The van der Waals surface area contributed by atoms with E-state index >= 15 is 0 Å². The molecule has 0 amide bonds. The lowest BCUT2D eigenvalue weighted by molar-refractivity contribution is 0.101. The number of nitrogens with two attached hydrogens (primary N) is 1. The van der Waals surface area contributed by atoms with E-state index in [0.29, 0.717) is 12.5 Å². The SMILES string of the molecule is NC(CCC1CCCO1)Cc1ccc(F)c(F)c1. The lowest BCUT2D eigenvalue weighted by Crippen LogP contribution is -2.24. The summed E-state index contributed by atoms with van der Waals surface area (Å²) in [6.45, 7) is 0.850. The Kier molecular flexibility index (Phi) is 4.66. The van der Waals surface area contributed by atoms with E-state index in [1.807, 2.05) is 0 Å². The van der Waals surface area contributed by atoms with Gasteiger partial charge in [0.25, 0.3) is 0 Å². The summed E-state index contributed by atoms with van der Waals surface area (Å²) < 4.78 is 31.3. The van der Waals surface area contributed by atoms with E-state index in [0.717, 1.165) is 43.9 Å². The van der Waals surface area contributed by atoms with Crippen LogP contribution >= 0.6 is 0 Å². The topological polar surface area (TPSA) is 35.2 Å². The molecule has 1 saturated heterocycles. The van der Waals surface area contributed by atoms with Gasteiger partial charge in [0.1, 0.15) is 0 Å². The van der Waals surface area contributed by atoms with Crippen molar-refractivity contribution < 1.29 is 13.5 Å². The fourth-order valence-corrected chi connectivity index (χ4v) is 2.34. The van der Waals surface area contributed by atoms with Gasteiger partial charge in [-0.1, -0.05) is 6.07 Å². The summed E-state index contributed by atoms with van der Waals surface area (Å²) in [6.07, 6.45) is 4.94. The molecule has 18 heavy (non-hydrogen) atoms. The maximum Gasteiger partial charge on any atom is 0.159 e. The molecule has 1 fully saturated rings. The Morgan fingerprint density at radius 3 is 2.83 bits per heavy atom. The molecule has 2 rings (SSSR count). The van der Waals surface area contributed by atoms with Crippen molar-refractivity contribution in [2.75, 3.05) is 6.61 Å². The number of hydrogen-bond donors (Lipinski definition) is 1. The Balaban J connectivity index is 1.78. The minimum atomic E-state index is -0.813. The summed E-state index contributed by atoms with van der Waals surface area (Å²) in [4.78, 5) is 0. The third-order valence-corrected chi connectivity index (χ3v) is 3.37. The van der Waals surface area contributed by atoms with Crippen molar-refractivity contribution in [2.45, 2.75) is 44.2 Å². The maximum atomic E-state index is 13.0. The zero-order valence-electron chi connectivity index (χ0n) is 10.4. The molecule has 2 atom stereocenters. The van der Waals surface area contributed by atoms with Crippen LogP contribution < -0.4 is 5.73 Å². The molecule has 1 heterocycles. The number of halogens is 2. The van der Waals surface area contributed by atoms with Crippen molar-refractivity contribution in [1.29, 1.82) is 0 Å². The quantitative estimate of drug-likeness (QED) is 0.878. The van der Waals surface area contributed by atoms with E-state index in [9.17, 15) is 8.78 Å². The van der Waals surface area contributed by atoms with Gasteiger partial charge in [0, 0.05) is 12.6 Å². The molecule has 0 saturated carbocycles. The van der Waals surface area contributed by atoms with E-state index < -0.39 is 11.6 Å². The van der Waals surface area contributed by atoms with Crippen LogP contribution in [0, 0.1) is 11.6 Å². The number of benzene rings is 1. The predicted molar refractivity (Wildman–Crippen MR) is 66.2 cm³/mol. The van der Waals surface area contributed by atoms with Crippen molar-refractivity contribution in [3.05, 3.63) is 35.4 Å². The molecule has 2 N–H and O–H groups in total. The summed E-state index contributed by atoms with van der Waals surface area (Å²) >= 11 is 0. The van der Waals surface area contributed by atoms with Crippen molar-refractivity contribution in [3.8, 4) is 0 Å². The second kappa shape index (κ2) is 6.25. The second-order valence-corrected chi connectivity index (χ2v) is 4.93. The minimum absolute atomic E-state index is 0.0286. The Hall–Kier alpha value is -1.00. The number of hydrogen-bond acceptors (Lipinski definition) is 2. The number of ether oxygens (including phenoxy) is 1. The fourth-order valence-electron chi connectivity index (χ4n) is 2.34. The molecule has 0 aliphatic carbocycles. The van der Waals surface area contributed by atoms with Crippen LogP contribution in [0.5, 0.6) is 0 Å². The van der Waals surface area contributed by atoms with Gasteiger partial charge in [-0.05, 0) is 49.8 Å². The first-order chi connectivity index (χ1) is 8.65. The minimum Gasteiger partial charge on any atom is -0.378 e. The smallest absolute Gasteiger partial charge is 0.159 e. The normalized spacial score (nSPS) is 21.2. The Morgan fingerprint density at radius 1 is 1.33 bits per heavy atom. The van der Waals surface area contributed by atoms with E-state index in [2.05, 4.69) is 0 Å². The highest BCUT2D eigenvalue weighted by atomic mass is 19.2. The average Bonchev–Trinajstić information content (AvgIpc) is 2.84. The van der Waals surface area contributed by atoms with E-state index in [1.54, 1.807) is 6.07 Å². The highest BCUT2D eigenvalue weighted by Crippen LogP contribution is 2.18. The van der Waals surface area contributed by atoms with Crippen LogP contribution in [0.4, 0.5) is 8.78 Å². The third-order valence-electron chi connectivity index (χ3n) is 3.37. The van der Waals surface area contributed by atoms with Gasteiger partial charge in [-0.15, -0.1) is 0 Å². The summed E-state index contributed by atoms with van der Waals surface area (Å²) in [5.41, 5.74) is 6.74. The van der Waals surface area contributed by atoms with Crippen LogP contribution in [-0.4, -0.2) is 18.8 Å². The van der Waals surface area contributed by atoms with Crippen LogP contribution in [0.2, 0.25) is 0 Å². The average molecular weight is 255 g/mol. The van der Waals surface area contributed by atoms with Crippen LogP contribution in [0.1, 0.15) is 31.2 Å². The first-order valence-electron chi connectivity index (χ1n) is 6.46. The Morgan fingerprint density at radius 2 is 2.17 bits per heavy atom. The van der Waals surface area contributed by atoms with Gasteiger partial charge in [-0.25, -0.2) is 8.78 Å². The Bertz CT molecular complexity index is 391. The molecule has 2 nitrogen and oxygen atoms in total. The van der Waals surface area contributed by atoms with Crippen molar-refractivity contribution in [3.63, 3.8) is 0 Å². The van der Waals surface area contributed by atoms with Crippen LogP contribution in [0.15, 0.2) is 18.2 Å². The molecule has 100 valence electrons. The van der Waals surface area contributed by atoms with Gasteiger partial charge in [0.2, 0.25) is 0 Å². The molecule has 2 unspecified atom stereocenters. The van der Waals surface area contributed by atoms with Crippen molar-refractivity contribution >= 4 is 0 Å². The predicted octanol–water partition coefficient (Wildman–Crippen LogP) is 2.79. The molecule has 1 aliphatic heterocycles. The molecule has 1 aliphatic rings. The monoisotopic (exact) mass is 255 g/mol. The van der Waals surface area contributed by atoms with Crippen LogP contribution in [0.3, 0.4) is 0 Å². The number of rotatable bonds is 5. The lowest BCUT2D eigenvalue weighted by Gasteiger charge is -2.14. The standard InChI is InChI=1S/C14H19F2NO/c15-13-6-3-10(9-14(13)16)8-11(17)4-5-12-2-1-7-18-12/h3,6,9,11-12H,1-2,4-5,7-8,17H2. The molecular weight excluding hydrogens is 236 g/mol. The van der Waals surface area contributed by atoms with Gasteiger partial charge in [0.15, 0.2) is 11.6 Å². The third kappa shape index (κ3) is 3.75. The van der Waals surface area contributed by atoms with Gasteiger partial charge in [-0.2, -0.15) is 0 Å². The maximum absolute atomic E-state index is 13.0. The molecule has 0 bridgehead atoms.